The van der Waals surface area contributed by atoms with Crippen LogP contribution in [0.4, 0.5) is 0 Å². The van der Waals surface area contributed by atoms with Gasteiger partial charge in [0.15, 0.2) is 0 Å². The smallest absolute Gasteiger partial charge is 0.126 e. The maximum Gasteiger partial charge on any atom is 0.126 e. The second kappa shape index (κ2) is 4.47. The van der Waals surface area contributed by atoms with Crippen LogP contribution in [0.1, 0.15) is 18.7 Å². The summed E-state index contributed by atoms with van der Waals surface area (Å²) in [5.41, 5.74) is 1.04. The fourth-order valence-electron chi connectivity index (χ4n) is 1.29. The second-order valence-electron chi connectivity index (χ2n) is 3.94. The van der Waals surface area contributed by atoms with E-state index in [4.69, 9.17) is 0 Å². The molecule has 0 aliphatic heterocycles. The zero-order valence-corrected chi connectivity index (χ0v) is 12.2. The third kappa shape index (κ3) is 2.47. The van der Waals surface area contributed by atoms with Crippen molar-refractivity contribution in [2.75, 3.05) is 0 Å². The molecular weight excluding hydrogens is 304 g/mol. The minimum atomic E-state index is -0.184. The lowest BCUT2D eigenvalue weighted by atomic mass is 10.2. The predicted molar refractivity (Wildman–Crippen MR) is 75.1 cm³/mol. The number of hydrogen-bond acceptors (Lipinski definition) is 4. The van der Waals surface area contributed by atoms with Gasteiger partial charge in [-0.3, -0.25) is 4.98 Å². The highest BCUT2D eigenvalue weighted by Crippen LogP contribution is 2.40. The van der Waals surface area contributed by atoms with E-state index >= 15 is 0 Å². The minimum Gasteiger partial charge on any atom is -0.264 e. The molecule has 84 valence electrons. The van der Waals surface area contributed by atoms with Crippen molar-refractivity contribution in [3.05, 3.63) is 34.0 Å². The first-order valence-electron chi connectivity index (χ1n) is 4.78. The number of hydrogen-bond donors (Lipinski definition) is 1. The van der Waals surface area contributed by atoms with Crippen molar-refractivity contribution in [3.63, 3.8) is 0 Å². The zero-order valence-electron chi connectivity index (χ0n) is 8.94. The lowest BCUT2D eigenvalue weighted by Gasteiger charge is -2.14. The molecule has 0 aromatic carbocycles. The van der Waals surface area contributed by atoms with Gasteiger partial charge in [-0.2, -0.15) is 12.6 Å². The second-order valence-corrected chi connectivity index (χ2v) is 6.81. The normalized spacial score (nSPS) is 11.8. The maximum absolute atomic E-state index is 4.56. The molecular formula is C11H11BrN2S2. The van der Waals surface area contributed by atoms with Gasteiger partial charge in [0.2, 0.25) is 0 Å². The van der Waals surface area contributed by atoms with Crippen molar-refractivity contribution in [1.82, 2.24) is 9.97 Å². The van der Waals surface area contributed by atoms with Gasteiger partial charge in [0.1, 0.15) is 9.61 Å². The van der Waals surface area contributed by atoms with E-state index in [-0.39, 0.29) is 4.75 Å². The van der Waals surface area contributed by atoms with Crippen molar-refractivity contribution in [3.8, 4) is 10.6 Å². The molecule has 0 fully saturated rings. The Balaban J connectivity index is 2.47. The Bertz CT molecular complexity index is 488. The summed E-state index contributed by atoms with van der Waals surface area (Å²) in [6, 6.07) is 3.92. The zero-order chi connectivity index (χ0) is 11.8. The number of pyridine rings is 1. The lowest BCUT2D eigenvalue weighted by molar-refractivity contribution is 0.803. The topological polar surface area (TPSA) is 25.8 Å². The molecule has 0 saturated heterocycles. The molecule has 0 bridgehead atoms. The molecule has 2 aromatic rings. The predicted octanol–water partition coefficient (Wildman–Crippen LogP) is 4.13. The average Bonchev–Trinajstić information content (AvgIpc) is 2.61. The third-order valence-corrected chi connectivity index (χ3v) is 4.69. The summed E-state index contributed by atoms with van der Waals surface area (Å²) in [5, 5.41) is 0.970. The van der Waals surface area contributed by atoms with Gasteiger partial charge in [0, 0.05) is 22.7 Å². The summed E-state index contributed by atoms with van der Waals surface area (Å²) in [6.07, 6.45) is 3.58. The first-order chi connectivity index (χ1) is 7.48. The van der Waals surface area contributed by atoms with Crippen LogP contribution in [0.5, 0.6) is 0 Å². The Morgan fingerprint density at radius 1 is 1.44 bits per heavy atom. The van der Waals surface area contributed by atoms with Crippen LogP contribution < -0.4 is 0 Å². The van der Waals surface area contributed by atoms with Gasteiger partial charge in [0.25, 0.3) is 0 Å². The van der Waals surface area contributed by atoms with Crippen LogP contribution in [0.25, 0.3) is 10.6 Å². The van der Waals surface area contributed by atoms with Gasteiger partial charge < -0.3 is 0 Å². The van der Waals surface area contributed by atoms with E-state index in [1.165, 1.54) is 0 Å². The number of halogens is 1. The van der Waals surface area contributed by atoms with E-state index in [9.17, 15) is 0 Å². The van der Waals surface area contributed by atoms with Gasteiger partial charge in [0.05, 0.1) is 4.88 Å². The van der Waals surface area contributed by atoms with Crippen molar-refractivity contribution in [1.29, 1.82) is 0 Å². The fourth-order valence-corrected chi connectivity index (χ4v) is 3.67. The van der Waals surface area contributed by atoms with Crippen LogP contribution in [-0.2, 0) is 4.75 Å². The minimum absolute atomic E-state index is 0.184. The van der Waals surface area contributed by atoms with Gasteiger partial charge in [-0.1, -0.05) is 0 Å². The average molecular weight is 315 g/mol. The summed E-state index contributed by atoms with van der Waals surface area (Å²) in [4.78, 5) is 9.72. The standard InChI is InChI=1S/C11H11BrN2S2/c1-11(2,15)8-9(12)14-10(16-8)7-4-3-5-13-6-7/h3-6,15H,1-2H3. The largest absolute Gasteiger partial charge is 0.264 e. The van der Waals surface area contributed by atoms with E-state index in [1.54, 1.807) is 17.5 Å². The fraction of sp³-hybridized carbons (Fsp3) is 0.273. The first kappa shape index (κ1) is 12.1. The molecule has 0 aliphatic carbocycles. The van der Waals surface area contributed by atoms with Crippen molar-refractivity contribution >= 4 is 39.9 Å². The monoisotopic (exact) mass is 314 g/mol. The van der Waals surface area contributed by atoms with Crippen molar-refractivity contribution < 1.29 is 0 Å². The molecule has 0 radical (unpaired) electrons. The molecule has 2 heterocycles. The Kier molecular flexibility index (Phi) is 3.37. The molecule has 0 aliphatic rings. The van der Waals surface area contributed by atoms with Crippen molar-refractivity contribution in [2.45, 2.75) is 18.6 Å². The van der Waals surface area contributed by atoms with E-state index in [0.29, 0.717) is 0 Å². The summed E-state index contributed by atoms with van der Waals surface area (Å²) in [7, 11) is 0. The number of aromatic nitrogens is 2. The highest BCUT2D eigenvalue weighted by molar-refractivity contribution is 9.10. The number of thiol groups is 1. The van der Waals surface area contributed by atoms with E-state index in [1.807, 2.05) is 18.3 Å². The molecule has 0 amide bonds. The van der Waals surface area contributed by atoms with E-state index < -0.39 is 0 Å². The molecule has 0 spiro atoms. The van der Waals surface area contributed by atoms with Gasteiger partial charge >= 0.3 is 0 Å². The third-order valence-electron chi connectivity index (χ3n) is 2.05. The van der Waals surface area contributed by atoms with Crippen LogP contribution in [0.15, 0.2) is 29.1 Å². The van der Waals surface area contributed by atoms with Gasteiger partial charge in [-0.05, 0) is 41.9 Å². The highest BCUT2D eigenvalue weighted by Gasteiger charge is 2.23. The van der Waals surface area contributed by atoms with Crippen molar-refractivity contribution in [2.24, 2.45) is 0 Å². The molecule has 0 unspecified atom stereocenters. The molecule has 0 N–H and O–H groups in total. The summed E-state index contributed by atoms with van der Waals surface area (Å²) in [5.74, 6) is 0. The van der Waals surface area contributed by atoms with Gasteiger partial charge in [-0.25, -0.2) is 4.98 Å². The Hall–Kier alpha value is -0.390. The molecule has 0 saturated carbocycles. The number of nitrogens with zero attached hydrogens (tertiary/aromatic N) is 2. The van der Waals surface area contributed by atoms with Crippen LogP contribution in [0.2, 0.25) is 0 Å². The van der Waals surface area contributed by atoms with Gasteiger partial charge in [-0.15, -0.1) is 11.3 Å². The maximum atomic E-state index is 4.56. The molecule has 2 aromatic heterocycles. The lowest BCUT2D eigenvalue weighted by Crippen LogP contribution is -2.05. The summed E-state index contributed by atoms with van der Waals surface area (Å²) >= 11 is 9.69. The van der Waals surface area contributed by atoms with Crippen LogP contribution >= 0.6 is 39.9 Å². The van der Waals surface area contributed by atoms with Crippen LogP contribution in [0.3, 0.4) is 0 Å². The SMILES string of the molecule is CC(C)(S)c1sc(-c2cccnc2)nc1Br. The highest BCUT2D eigenvalue weighted by atomic mass is 79.9. The Morgan fingerprint density at radius 2 is 2.19 bits per heavy atom. The number of thiazole rings is 1. The summed E-state index contributed by atoms with van der Waals surface area (Å²) < 4.78 is 0.688. The van der Waals surface area contributed by atoms with E-state index in [0.717, 1.165) is 20.1 Å². The first-order valence-corrected chi connectivity index (χ1v) is 6.84. The van der Waals surface area contributed by atoms with E-state index in [2.05, 4.69) is 52.4 Å². The Morgan fingerprint density at radius 3 is 2.69 bits per heavy atom. The Labute approximate surface area is 113 Å². The molecule has 5 heteroatoms. The molecule has 2 nitrogen and oxygen atoms in total. The number of rotatable bonds is 2. The van der Waals surface area contributed by atoms with Crippen LogP contribution in [0, 0.1) is 0 Å². The summed E-state index contributed by atoms with van der Waals surface area (Å²) in [6.45, 7) is 4.11. The molecule has 0 atom stereocenters. The quantitative estimate of drug-likeness (QED) is 0.843. The molecule has 2 rings (SSSR count). The molecule has 16 heavy (non-hydrogen) atoms. The van der Waals surface area contributed by atoms with Crippen LogP contribution in [-0.4, -0.2) is 9.97 Å².